The van der Waals surface area contributed by atoms with Gasteiger partial charge in [0, 0.05) is 61.2 Å². The summed E-state index contributed by atoms with van der Waals surface area (Å²) in [5.74, 6) is 0.781. The van der Waals surface area contributed by atoms with E-state index < -0.39 is 11.7 Å². The van der Waals surface area contributed by atoms with Crippen LogP contribution in [-0.4, -0.2) is 37.7 Å². The average Bonchev–Trinajstić information content (AvgIpc) is 2.86. The molecule has 3 aromatic rings. The minimum absolute atomic E-state index is 0.199. The van der Waals surface area contributed by atoms with Crippen LogP contribution in [-0.2, 0) is 12.7 Å². The third kappa shape index (κ3) is 5.29. The number of nitrogens with zero attached hydrogens (tertiary/aromatic N) is 4. The summed E-state index contributed by atoms with van der Waals surface area (Å²) in [6, 6.07) is 12.7. The number of halogens is 5. The minimum Gasteiger partial charge on any atom is -0.368 e. The van der Waals surface area contributed by atoms with Crippen molar-refractivity contribution in [2.45, 2.75) is 18.8 Å². The van der Waals surface area contributed by atoms with Gasteiger partial charge in [-0.3, -0.25) is 0 Å². The molecule has 0 saturated carbocycles. The lowest BCUT2D eigenvalue weighted by Gasteiger charge is -2.36. The van der Waals surface area contributed by atoms with E-state index in [1.165, 1.54) is 12.1 Å². The molecule has 1 atom stereocenters. The van der Waals surface area contributed by atoms with E-state index in [1.54, 1.807) is 24.4 Å². The Labute approximate surface area is 211 Å². The van der Waals surface area contributed by atoms with Crippen molar-refractivity contribution in [1.82, 2.24) is 10.3 Å². The molecule has 1 unspecified atom stereocenters. The zero-order valence-electron chi connectivity index (χ0n) is 18.7. The molecule has 0 aliphatic carbocycles. The number of hydrogen-bond acceptors (Lipinski definition) is 4. The lowest BCUT2D eigenvalue weighted by Crippen LogP contribution is -2.42. The highest BCUT2D eigenvalue weighted by atomic mass is 35.5. The van der Waals surface area contributed by atoms with Gasteiger partial charge in [0.25, 0.3) is 0 Å². The fourth-order valence-electron chi connectivity index (χ4n) is 4.51. The first-order chi connectivity index (χ1) is 16.8. The average molecular weight is 521 g/mol. The number of anilines is 3. The predicted octanol–water partition coefficient (Wildman–Crippen LogP) is 6.01. The van der Waals surface area contributed by atoms with Crippen LogP contribution in [0.4, 0.5) is 30.4 Å². The van der Waals surface area contributed by atoms with Crippen molar-refractivity contribution in [3.63, 3.8) is 0 Å². The van der Waals surface area contributed by atoms with E-state index in [1.807, 2.05) is 11.0 Å². The summed E-state index contributed by atoms with van der Waals surface area (Å²) in [6.45, 7) is 3.66. The van der Waals surface area contributed by atoms with Crippen LogP contribution in [0.25, 0.3) is 0 Å². The van der Waals surface area contributed by atoms with Gasteiger partial charge in [0.15, 0.2) is 0 Å². The minimum atomic E-state index is -4.37. The van der Waals surface area contributed by atoms with Crippen LogP contribution in [0, 0.1) is 0 Å². The Morgan fingerprint density at radius 3 is 2.74 bits per heavy atom. The molecule has 5 rings (SSSR count). The van der Waals surface area contributed by atoms with Gasteiger partial charge in [-0.15, -0.1) is 0 Å². The summed E-state index contributed by atoms with van der Waals surface area (Å²) in [4.78, 5) is 8.79. The lowest BCUT2D eigenvalue weighted by molar-refractivity contribution is -0.137. The van der Waals surface area contributed by atoms with Crippen LogP contribution in [0.1, 0.15) is 22.7 Å². The normalized spacial score (nSPS) is 18.3. The Balaban J connectivity index is 1.38. The van der Waals surface area contributed by atoms with E-state index in [0.29, 0.717) is 41.9 Å². The number of alkyl halides is 3. The van der Waals surface area contributed by atoms with Gasteiger partial charge >= 0.3 is 6.18 Å². The second-order valence-electron chi connectivity index (χ2n) is 8.64. The molecule has 5 nitrogen and oxygen atoms in total. The molecule has 2 aromatic carbocycles. The number of aromatic nitrogens is 1. The van der Waals surface area contributed by atoms with Gasteiger partial charge in [0.1, 0.15) is 5.82 Å². The summed E-state index contributed by atoms with van der Waals surface area (Å²) in [5.41, 5.74) is 2.69. The van der Waals surface area contributed by atoms with Crippen LogP contribution >= 0.6 is 23.2 Å². The van der Waals surface area contributed by atoms with Gasteiger partial charge in [0.2, 0.25) is 0 Å². The van der Waals surface area contributed by atoms with Crippen molar-refractivity contribution in [3.8, 4) is 0 Å². The first-order valence-corrected chi connectivity index (χ1v) is 12.0. The molecule has 2 aliphatic heterocycles. The van der Waals surface area contributed by atoms with Gasteiger partial charge < -0.3 is 15.1 Å². The highest BCUT2D eigenvalue weighted by molar-refractivity contribution is 6.33. The standard InChI is InChI=1S/C25H23Cl2F3N5/c26-19-4-5-21(27)17(10-19)14-35-9-7-32-24-23(35)11-16(13-33-24)22-15-34(8-6-31-22)20-3-1-2-18(12-20)25(28,29)30/h1-5,10-13,22H,6-9,14-15H2,(H,32,33). The Hall–Kier alpha value is -2.68. The number of hydrogen-bond donors (Lipinski definition) is 1. The number of pyridine rings is 1. The zero-order chi connectivity index (χ0) is 24.6. The quantitative estimate of drug-likeness (QED) is 0.457. The van der Waals surface area contributed by atoms with Gasteiger partial charge in [-0.2, -0.15) is 13.2 Å². The molecule has 1 radical (unpaired) electrons. The summed E-state index contributed by atoms with van der Waals surface area (Å²) in [6.07, 6.45) is -2.58. The van der Waals surface area contributed by atoms with Crippen molar-refractivity contribution in [2.24, 2.45) is 0 Å². The third-order valence-electron chi connectivity index (χ3n) is 6.31. The molecule has 0 amide bonds. The fraction of sp³-hybridized carbons (Fsp3) is 0.320. The highest BCUT2D eigenvalue weighted by Gasteiger charge is 2.32. The highest BCUT2D eigenvalue weighted by Crippen LogP contribution is 2.35. The zero-order valence-corrected chi connectivity index (χ0v) is 20.2. The summed E-state index contributed by atoms with van der Waals surface area (Å²) >= 11 is 12.6. The molecule has 183 valence electrons. The predicted molar refractivity (Wildman–Crippen MR) is 134 cm³/mol. The Bertz CT molecular complexity index is 1220. The molecule has 1 fully saturated rings. The molecular weight excluding hydrogens is 498 g/mol. The number of piperazine rings is 1. The van der Waals surface area contributed by atoms with Gasteiger partial charge in [-0.25, -0.2) is 10.3 Å². The number of nitrogens with one attached hydrogen (secondary N) is 1. The van der Waals surface area contributed by atoms with E-state index in [2.05, 4.69) is 21.3 Å². The summed E-state index contributed by atoms with van der Waals surface area (Å²) < 4.78 is 39.6. The maximum Gasteiger partial charge on any atom is 0.416 e. The van der Waals surface area contributed by atoms with E-state index >= 15 is 0 Å². The molecule has 1 saturated heterocycles. The first kappa shape index (κ1) is 24.0. The van der Waals surface area contributed by atoms with E-state index in [0.717, 1.165) is 41.8 Å². The molecule has 1 N–H and O–H groups in total. The van der Waals surface area contributed by atoms with Crippen molar-refractivity contribution in [3.05, 3.63) is 81.5 Å². The fourth-order valence-corrected chi connectivity index (χ4v) is 4.88. The maximum atomic E-state index is 13.2. The van der Waals surface area contributed by atoms with Crippen LogP contribution in [0.5, 0.6) is 0 Å². The van der Waals surface area contributed by atoms with Gasteiger partial charge in [-0.1, -0.05) is 29.3 Å². The Morgan fingerprint density at radius 1 is 1.06 bits per heavy atom. The van der Waals surface area contributed by atoms with Crippen molar-refractivity contribution < 1.29 is 13.2 Å². The Morgan fingerprint density at radius 2 is 1.91 bits per heavy atom. The molecule has 1 aromatic heterocycles. The molecule has 3 heterocycles. The van der Waals surface area contributed by atoms with E-state index in [4.69, 9.17) is 28.5 Å². The molecule has 0 spiro atoms. The van der Waals surface area contributed by atoms with Crippen LogP contribution in [0.2, 0.25) is 10.0 Å². The van der Waals surface area contributed by atoms with E-state index in [9.17, 15) is 13.2 Å². The van der Waals surface area contributed by atoms with E-state index in [-0.39, 0.29) is 6.04 Å². The number of fused-ring (bicyclic) bond motifs is 1. The topological polar surface area (TPSA) is 45.5 Å². The van der Waals surface area contributed by atoms with Crippen LogP contribution < -0.4 is 20.4 Å². The van der Waals surface area contributed by atoms with Gasteiger partial charge in [-0.05, 0) is 53.6 Å². The van der Waals surface area contributed by atoms with Gasteiger partial charge in [0.05, 0.1) is 17.3 Å². The molecule has 0 bridgehead atoms. The molecule has 2 aliphatic rings. The molecule has 35 heavy (non-hydrogen) atoms. The van der Waals surface area contributed by atoms with Crippen molar-refractivity contribution >= 4 is 40.4 Å². The second kappa shape index (κ2) is 9.76. The maximum absolute atomic E-state index is 13.2. The Kier molecular flexibility index (Phi) is 6.70. The van der Waals surface area contributed by atoms with Crippen molar-refractivity contribution in [1.29, 1.82) is 0 Å². The summed E-state index contributed by atoms with van der Waals surface area (Å²) in [7, 11) is 0. The SMILES string of the molecule is FC(F)(F)c1cccc(N2CC[N]C(c3cnc4c(c3)N(Cc3cc(Cl)ccc3Cl)CCN4)C2)c1. The monoisotopic (exact) mass is 520 g/mol. The van der Waals surface area contributed by atoms with Crippen molar-refractivity contribution in [2.75, 3.05) is 47.8 Å². The number of rotatable bonds is 4. The lowest BCUT2D eigenvalue weighted by atomic mass is 10.0. The first-order valence-electron chi connectivity index (χ1n) is 11.3. The summed E-state index contributed by atoms with van der Waals surface area (Å²) in [5, 5.41) is 9.36. The smallest absolute Gasteiger partial charge is 0.368 e. The van der Waals surface area contributed by atoms with Crippen LogP contribution in [0.15, 0.2) is 54.7 Å². The largest absolute Gasteiger partial charge is 0.416 e. The second-order valence-corrected chi connectivity index (χ2v) is 9.48. The third-order valence-corrected chi connectivity index (χ3v) is 6.91. The molecular formula is C25H23Cl2F3N5. The molecule has 10 heteroatoms. The number of benzene rings is 2. The van der Waals surface area contributed by atoms with Crippen LogP contribution in [0.3, 0.4) is 0 Å².